The lowest BCUT2D eigenvalue weighted by molar-refractivity contribution is 0.0519. The van der Waals surface area contributed by atoms with E-state index in [-0.39, 0.29) is 34.2 Å². The summed E-state index contributed by atoms with van der Waals surface area (Å²) in [5, 5.41) is 2.78. The summed E-state index contributed by atoms with van der Waals surface area (Å²) in [7, 11) is -2.63. The first kappa shape index (κ1) is 26.4. The minimum absolute atomic E-state index is 0.00591. The zero-order chi connectivity index (χ0) is 26.1. The summed E-state index contributed by atoms with van der Waals surface area (Å²) in [5.41, 5.74) is 1.20. The first-order valence-electron chi connectivity index (χ1n) is 10.9. The van der Waals surface area contributed by atoms with E-state index in [4.69, 9.17) is 9.47 Å². The molecule has 0 fully saturated rings. The van der Waals surface area contributed by atoms with Crippen molar-refractivity contribution >= 4 is 27.8 Å². The molecule has 0 radical (unpaired) electrons. The van der Waals surface area contributed by atoms with Crippen molar-refractivity contribution in [3.05, 3.63) is 89.2 Å². The normalized spacial score (nSPS) is 10.8. The van der Waals surface area contributed by atoms with Gasteiger partial charge in [0.15, 0.2) is 0 Å². The maximum atomic E-state index is 12.6. The number of aromatic nitrogens is 1. The second-order valence-electron chi connectivity index (χ2n) is 7.47. The molecular formula is C25H25N3O7S. The number of ether oxygens (including phenoxy) is 2. The van der Waals surface area contributed by atoms with Gasteiger partial charge in [-0.1, -0.05) is 12.1 Å². The SMILES string of the molecule is CCOC(=O)c1ccc(C(=O)NS(=O)(=O)c2ccc(C(=O)NCCc3cccc(OC)c3)cc2)cn1. The Balaban J connectivity index is 1.57. The van der Waals surface area contributed by atoms with Crippen molar-refractivity contribution in [1.29, 1.82) is 0 Å². The lowest BCUT2D eigenvalue weighted by Gasteiger charge is -2.09. The van der Waals surface area contributed by atoms with Crippen LogP contribution in [-0.2, 0) is 21.2 Å². The molecule has 3 aromatic rings. The summed E-state index contributed by atoms with van der Waals surface area (Å²) in [6, 6.07) is 15.2. The van der Waals surface area contributed by atoms with E-state index in [2.05, 4.69) is 10.3 Å². The van der Waals surface area contributed by atoms with Crippen LogP contribution in [0.2, 0.25) is 0 Å². The number of esters is 1. The van der Waals surface area contributed by atoms with Crippen LogP contribution in [0, 0.1) is 0 Å². The van der Waals surface area contributed by atoms with Gasteiger partial charge >= 0.3 is 5.97 Å². The van der Waals surface area contributed by atoms with Gasteiger partial charge in [0.2, 0.25) is 0 Å². The number of methoxy groups -OCH3 is 1. The third-order valence-electron chi connectivity index (χ3n) is 5.00. The van der Waals surface area contributed by atoms with Crippen molar-refractivity contribution in [3.8, 4) is 5.75 Å². The fraction of sp³-hybridized carbons (Fsp3) is 0.200. The van der Waals surface area contributed by atoms with E-state index < -0.39 is 21.9 Å². The molecule has 0 saturated carbocycles. The van der Waals surface area contributed by atoms with Gasteiger partial charge in [-0.25, -0.2) is 22.9 Å². The van der Waals surface area contributed by atoms with Crippen LogP contribution in [0.1, 0.15) is 43.7 Å². The molecular weight excluding hydrogens is 486 g/mol. The minimum Gasteiger partial charge on any atom is -0.497 e. The summed E-state index contributed by atoms with van der Waals surface area (Å²) in [6.45, 7) is 2.20. The number of pyridine rings is 1. The molecule has 188 valence electrons. The van der Waals surface area contributed by atoms with Gasteiger partial charge in [-0.15, -0.1) is 0 Å². The molecule has 1 heterocycles. The van der Waals surface area contributed by atoms with Crippen molar-refractivity contribution in [2.75, 3.05) is 20.3 Å². The van der Waals surface area contributed by atoms with Gasteiger partial charge in [-0.3, -0.25) is 9.59 Å². The van der Waals surface area contributed by atoms with Crippen molar-refractivity contribution in [2.45, 2.75) is 18.2 Å². The highest BCUT2D eigenvalue weighted by Crippen LogP contribution is 2.14. The number of nitrogens with zero attached hydrogens (tertiary/aromatic N) is 1. The first-order valence-corrected chi connectivity index (χ1v) is 12.4. The Morgan fingerprint density at radius 2 is 1.67 bits per heavy atom. The van der Waals surface area contributed by atoms with Gasteiger partial charge in [-0.05, 0) is 67.4 Å². The van der Waals surface area contributed by atoms with Crippen LogP contribution in [0.15, 0.2) is 71.8 Å². The van der Waals surface area contributed by atoms with Gasteiger partial charge < -0.3 is 14.8 Å². The van der Waals surface area contributed by atoms with Crippen molar-refractivity contribution < 1.29 is 32.3 Å². The third kappa shape index (κ3) is 6.89. The van der Waals surface area contributed by atoms with E-state index in [0.717, 1.165) is 17.5 Å². The van der Waals surface area contributed by atoms with Crippen LogP contribution < -0.4 is 14.8 Å². The van der Waals surface area contributed by atoms with Crippen LogP contribution in [-0.4, -0.2) is 51.4 Å². The molecule has 0 atom stereocenters. The number of rotatable bonds is 10. The molecule has 0 spiro atoms. The van der Waals surface area contributed by atoms with Gasteiger partial charge in [0, 0.05) is 18.3 Å². The molecule has 2 N–H and O–H groups in total. The molecule has 0 saturated heterocycles. The van der Waals surface area contributed by atoms with E-state index in [0.29, 0.717) is 13.0 Å². The zero-order valence-corrected chi connectivity index (χ0v) is 20.5. The molecule has 10 nitrogen and oxygen atoms in total. The highest BCUT2D eigenvalue weighted by atomic mass is 32.2. The number of hydrogen-bond donors (Lipinski definition) is 2. The molecule has 11 heteroatoms. The number of amides is 2. The molecule has 0 unspecified atom stereocenters. The Morgan fingerprint density at radius 3 is 2.31 bits per heavy atom. The first-order chi connectivity index (χ1) is 17.2. The van der Waals surface area contributed by atoms with Crippen LogP contribution in [0.5, 0.6) is 5.75 Å². The molecule has 0 aliphatic carbocycles. The van der Waals surface area contributed by atoms with Crippen LogP contribution in [0.25, 0.3) is 0 Å². The van der Waals surface area contributed by atoms with E-state index in [1.165, 1.54) is 36.4 Å². The molecule has 36 heavy (non-hydrogen) atoms. The van der Waals surface area contributed by atoms with Crippen molar-refractivity contribution in [1.82, 2.24) is 15.0 Å². The second kappa shape index (κ2) is 11.9. The monoisotopic (exact) mass is 511 g/mol. The number of carbonyl (C=O) groups is 3. The summed E-state index contributed by atoms with van der Waals surface area (Å²) in [4.78, 5) is 40.1. The van der Waals surface area contributed by atoms with E-state index in [1.54, 1.807) is 14.0 Å². The van der Waals surface area contributed by atoms with E-state index in [1.807, 2.05) is 29.0 Å². The predicted molar refractivity (Wildman–Crippen MR) is 130 cm³/mol. The summed E-state index contributed by atoms with van der Waals surface area (Å²) in [5.74, 6) is -1.20. The van der Waals surface area contributed by atoms with Crippen molar-refractivity contribution in [2.24, 2.45) is 0 Å². The third-order valence-corrected chi connectivity index (χ3v) is 6.34. The summed E-state index contributed by atoms with van der Waals surface area (Å²) < 4.78 is 37.1. The average molecular weight is 512 g/mol. The zero-order valence-electron chi connectivity index (χ0n) is 19.7. The minimum atomic E-state index is -4.21. The maximum Gasteiger partial charge on any atom is 0.356 e. The van der Waals surface area contributed by atoms with Crippen LogP contribution in [0.4, 0.5) is 0 Å². The molecule has 0 aliphatic heterocycles. The van der Waals surface area contributed by atoms with Crippen molar-refractivity contribution in [3.63, 3.8) is 0 Å². The summed E-state index contributed by atoms with van der Waals surface area (Å²) >= 11 is 0. The number of carbonyl (C=O) groups excluding carboxylic acids is 3. The smallest absolute Gasteiger partial charge is 0.356 e. The highest BCUT2D eigenvalue weighted by Gasteiger charge is 2.20. The Labute approximate surface area is 208 Å². The Morgan fingerprint density at radius 1 is 0.944 bits per heavy atom. The second-order valence-corrected chi connectivity index (χ2v) is 9.15. The largest absolute Gasteiger partial charge is 0.497 e. The Hall–Kier alpha value is -4.25. The van der Waals surface area contributed by atoms with Gasteiger partial charge in [0.1, 0.15) is 11.4 Å². The highest BCUT2D eigenvalue weighted by molar-refractivity contribution is 7.90. The number of sulfonamides is 1. The molecule has 3 rings (SSSR count). The molecule has 1 aromatic heterocycles. The van der Waals surface area contributed by atoms with Crippen LogP contribution >= 0.6 is 0 Å². The number of benzene rings is 2. The molecule has 0 aliphatic rings. The fourth-order valence-electron chi connectivity index (χ4n) is 3.13. The lowest BCUT2D eigenvalue weighted by atomic mass is 10.1. The quantitative estimate of drug-likeness (QED) is 0.395. The Bertz CT molecular complexity index is 1340. The van der Waals surface area contributed by atoms with E-state index in [9.17, 15) is 22.8 Å². The Kier molecular flexibility index (Phi) is 8.74. The number of nitrogens with one attached hydrogen (secondary N) is 2. The van der Waals surface area contributed by atoms with Gasteiger partial charge in [-0.2, -0.15) is 0 Å². The summed E-state index contributed by atoms with van der Waals surface area (Å²) in [6.07, 6.45) is 1.67. The van der Waals surface area contributed by atoms with Crippen LogP contribution in [0.3, 0.4) is 0 Å². The topological polar surface area (TPSA) is 141 Å². The lowest BCUT2D eigenvalue weighted by Crippen LogP contribution is -2.31. The average Bonchev–Trinajstić information content (AvgIpc) is 2.88. The molecule has 0 bridgehead atoms. The fourth-order valence-corrected chi connectivity index (χ4v) is 4.10. The predicted octanol–water partition coefficient (Wildman–Crippen LogP) is 2.36. The van der Waals surface area contributed by atoms with Gasteiger partial charge in [0.25, 0.3) is 21.8 Å². The van der Waals surface area contributed by atoms with E-state index >= 15 is 0 Å². The molecule has 2 amide bonds. The molecule has 2 aromatic carbocycles. The standard InChI is InChI=1S/C25H25N3O7S/c1-3-35-25(31)22-12-9-19(16-27-22)24(30)28-36(32,33)21-10-7-18(8-11-21)23(29)26-14-13-17-5-4-6-20(15-17)34-2/h4-12,15-16H,3,13-14H2,1-2H3,(H,26,29)(H,28,30). The maximum absolute atomic E-state index is 12.6. The van der Waals surface area contributed by atoms with Gasteiger partial charge in [0.05, 0.1) is 24.2 Å². The number of hydrogen-bond acceptors (Lipinski definition) is 8.